The second-order valence-electron chi connectivity index (χ2n) is 5.63. The van der Waals surface area contributed by atoms with Crippen molar-refractivity contribution in [2.75, 3.05) is 5.75 Å². The van der Waals surface area contributed by atoms with Crippen LogP contribution in [0.3, 0.4) is 0 Å². The summed E-state index contributed by atoms with van der Waals surface area (Å²) >= 11 is 13.2. The zero-order chi connectivity index (χ0) is 17.8. The summed E-state index contributed by atoms with van der Waals surface area (Å²) in [4.78, 5) is 0. The molecule has 0 spiro atoms. The summed E-state index contributed by atoms with van der Waals surface area (Å²) in [7, 11) is 0. The first kappa shape index (κ1) is 21.3. The Bertz CT molecular complexity index is 535. The van der Waals surface area contributed by atoms with Gasteiger partial charge < -0.3 is 5.73 Å². The molecule has 0 fully saturated rings. The Morgan fingerprint density at radius 2 is 2.04 bits per heavy atom. The van der Waals surface area contributed by atoms with E-state index in [-0.39, 0.29) is 5.11 Å². The number of rotatable bonds is 11. The number of hydrogen-bond donors (Lipinski definition) is 2. The van der Waals surface area contributed by atoms with Gasteiger partial charge in [-0.3, -0.25) is 5.43 Å². The van der Waals surface area contributed by atoms with Crippen LogP contribution < -0.4 is 11.2 Å². The van der Waals surface area contributed by atoms with Crippen molar-refractivity contribution in [2.24, 2.45) is 10.8 Å². The van der Waals surface area contributed by atoms with Crippen LogP contribution in [0.1, 0.15) is 63.2 Å². The Morgan fingerprint density at radius 1 is 1.29 bits per heavy atom. The van der Waals surface area contributed by atoms with Gasteiger partial charge in [-0.15, -0.1) is 0 Å². The van der Waals surface area contributed by atoms with Crippen molar-refractivity contribution in [2.45, 2.75) is 57.6 Å². The summed E-state index contributed by atoms with van der Waals surface area (Å²) in [5.74, 6) is 1.03. The summed E-state index contributed by atoms with van der Waals surface area (Å²) in [6.07, 6.45) is 6.65. The molecule has 0 amide bonds. The van der Waals surface area contributed by atoms with Crippen LogP contribution in [0.2, 0.25) is 5.02 Å². The van der Waals surface area contributed by atoms with Gasteiger partial charge in [0.25, 0.3) is 0 Å². The minimum absolute atomic E-state index is 0.207. The molecule has 0 aliphatic carbocycles. The number of hydrogen-bond acceptors (Lipinski definition) is 3. The van der Waals surface area contributed by atoms with Gasteiger partial charge in [-0.2, -0.15) is 16.9 Å². The van der Waals surface area contributed by atoms with E-state index in [1.807, 2.05) is 30.0 Å². The maximum atomic E-state index is 6.40. The number of thioether (sulfide) groups is 1. The van der Waals surface area contributed by atoms with Crippen LogP contribution in [-0.4, -0.2) is 16.6 Å². The molecule has 0 radical (unpaired) electrons. The molecule has 1 aromatic rings. The fraction of sp³-hybridized carbons (Fsp3) is 0.556. The third-order valence-electron chi connectivity index (χ3n) is 3.68. The molecule has 24 heavy (non-hydrogen) atoms. The summed E-state index contributed by atoms with van der Waals surface area (Å²) in [6.45, 7) is 4.38. The van der Waals surface area contributed by atoms with Gasteiger partial charge in [-0.1, -0.05) is 62.9 Å². The second kappa shape index (κ2) is 12.6. The SMILES string of the molecule is CCCCCCC(CC(SCC)c1ccccc1Cl)=NNC(N)=S. The number of hydrazone groups is 1. The molecule has 0 saturated carbocycles. The minimum Gasteiger partial charge on any atom is -0.375 e. The first-order valence-corrected chi connectivity index (χ1v) is 10.4. The fourth-order valence-corrected chi connectivity index (χ4v) is 3.98. The smallest absolute Gasteiger partial charge is 0.184 e. The number of halogens is 1. The predicted molar refractivity (Wildman–Crippen MR) is 113 cm³/mol. The van der Waals surface area contributed by atoms with Crippen molar-refractivity contribution in [3.63, 3.8) is 0 Å². The summed E-state index contributed by atoms with van der Waals surface area (Å²) < 4.78 is 0. The van der Waals surface area contributed by atoms with Crippen LogP contribution in [0.15, 0.2) is 29.4 Å². The Kier molecular flexibility index (Phi) is 11.1. The van der Waals surface area contributed by atoms with E-state index in [1.165, 1.54) is 24.8 Å². The van der Waals surface area contributed by atoms with Gasteiger partial charge in [0, 0.05) is 22.4 Å². The number of thiocarbonyl (C=S) groups is 1. The molecule has 3 nitrogen and oxygen atoms in total. The molecule has 1 unspecified atom stereocenters. The molecule has 1 aromatic carbocycles. The van der Waals surface area contributed by atoms with Crippen molar-refractivity contribution in [1.29, 1.82) is 0 Å². The molecule has 0 heterocycles. The van der Waals surface area contributed by atoms with Crippen molar-refractivity contribution in [3.8, 4) is 0 Å². The Balaban J connectivity index is 2.83. The van der Waals surface area contributed by atoms with E-state index in [9.17, 15) is 0 Å². The summed E-state index contributed by atoms with van der Waals surface area (Å²) in [6, 6.07) is 8.06. The van der Waals surface area contributed by atoms with Gasteiger partial charge in [-0.05, 0) is 42.4 Å². The van der Waals surface area contributed by atoms with Crippen LogP contribution >= 0.6 is 35.6 Å². The molecule has 1 atom stereocenters. The van der Waals surface area contributed by atoms with Crippen LogP contribution in [0.4, 0.5) is 0 Å². The highest BCUT2D eigenvalue weighted by Crippen LogP contribution is 2.36. The monoisotopic (exact) mass is 385 g/mol. The highest BCUT2D eigenvalue weighted by atomic mass is 35.5. The Hall–Kier alpha value is -0.780. The molecule has 0 bridgehead atoms. The first-order chi connectivity index (χ1) is 11.6. The fourth-order valence-electron chi connectivity index (χ4n) is 2.50. The Labute approximate surface area is 160 Å². The number of nitrogens with one attached hydrogen (secondary N) is 1. The molecule has 1 rings (SSSR count). The quantitative estimate of drug-likeness (QED) is 0.222. The van der Waals surface area contributed by atoms with Gasteiger partial charge in [0.1, 0.15) is 0 Å². The summed E-state index contributed by atoms with van der Waals surface area (Å²) in [5, 5.41) is 5.76. The molecule has 3 N–H and O–H groups in total. The van der Waals surface area contributed by atoms with E-state index in [4.69, 9.17) is 29.6 Å². The average Bonchev–Trinajstić information content (AvgIpc) is 2.56. The van der Waals surface area contributed by atoms with Crippen LogP contribution in [0.5, 0.6) is 0 Å². The lowest BCUT2D eigenvalue weighted by atomic mass is 10.0. The second-order valence-corrected chi connectivity index (χ2v) is 7.96. The summed E-state index contributed by atoms with van der Waals surface area (Å²) in [5.41, 5.74) is 10.6. The van der Waals surface area contributed by atoms with Gasteiger partial charge >= 0.3 is 0 Å². The van der Waals surface area contributed by atoms with Gasteiger partial charge in [0.15, 0.2) is 5.11 Å². The van der Waals surface area contributed by atoms with E-state index in [0.717, 1.165) is 35.7 Å². The molecular formula is C18H28ClN3S2. The zero-order valence-electron chi connectivity index (χ0n) is 14.6. The predicted octanol–water partition coefficient (Wildman–Crippen LogP) is 5.68. The van der Waals surface area contributed by atoms with Crippen molar-refractivity contribution < 1.29 is 0 Å². The van der Waals surface area contributed by atoms with Gasteiger partial charge in [0.2, 0.25) is 0 Å². The van der Waals surface area contributed by atoms with E-state index < -0.39 is 0 Å². The number of nitrogens with zero attached hydrogens (tertiary/aromatic N) is 1. The van der Waals surface area contributed by atoms with E-state index in [0.29, 0.717) is 5.25 Å². The largest absolute Gasteiger partial charge is 0.375 e. The van der Waals surface area contributed by atoms with Crippen LogP contribution in [-0.2, 0) is 0 Å². The Morgan fingerprint density at radius 3 is 2.67 bits per heavy atom. The van der Waals surface area contributed by atoms with Gasteiger partial charge in [0.05, 0.1) is 0 Å². The zero-order valence-corrected chi connectivity index (χ0v) is 16.9. The molecule has 6 heteroatoms. The minimum atomic E-state index is 0.207. The molecule has 0 aliphatic rings. The van der Waals surface area contributed by atoms with E-state index in [2.05, 4.69) is 30.4 Å². The normalized spacial score (nSPS) is 12.9. The van der Waals surface area contributed by atoms with Crippen LogP contribution in [0.25, 0.3) is 0 Å². The van der Waals surface area contributed by atoms with E-state index in [1.54, 1.807) is 0 Å². The number of benzene rings is 1. The van der Waals surface area contributed by atoms with Crippen LogP contribution in [0, 0.1) is 0 Å². The highest BCUT2D eigenvalue weighted by molar-refractivity contribution is 7.99. The first-order valence-electron chi connectivity index (χ1n) is 8.55. The highest BCUT2D eigenvalue weighted by Gasteiger charge is 2.17. The molecule has 0 saturated heterocycles. The van der Waals surface area contributed by atoms with Crippen molar-refractivity contribution in [3.05, 3.63) is 34.9 Å². The molecular weight excluding hydrogens is 358 g/mol. The van der Waals surface area contributed by atoms with Crippen molar-refractivity contribution >= 4 is 46.4 Å². The molecule has 0 aromatic heterocycles. The third kappa shape index (κ3) is 8.36. The number of nitrogens with two attached hydrogens (primary N) is 1. The number of unbranched alkanes of at least 4 members (excludes halogenated alkanes) is 3. The lowest BCUT2D eigenvalue weighted by Gasteiger charge is -2.19. The molecule has 134 valence electrons. The standard InChI is InChI=1S/C18H28ClN3S2/c1-3-5-6-7-10-14(21-22-18(20)23)13-17(24-4-2)15-11-8-9-12-16(15)19/h8-9,11-12,17H,3-7,10,13H2,1-2H3,(H3,20,22,23). The maximum absolute atomic E-state index is 6.40. The molecule has 0 aliphatic heterocycles. The van der Waals surface area contributed by atoms with Crippen molar-refractivity contribution in [1.82, 2.24) is 5.43 Å². The third-order valence-corrected chi connectivity index (χ3v) is 5.28. The topological polar surface area (TPSA) is 50.4 Å². The average molecular weight is 386 g/mol. The lowest BCUT2D eigenvalue weighted by Crippen LogP contribution is -2.25. The van der Waals surface area contributed by atoms with Gasteiger partial charge in [-0.25, -0.2) is 0 Å². The maximum Gasteiger partial charge on any atom is 0.184 e. The lowest BCUT2D eigenvalue weighted by molar-refractivity contribution is 0.677. The van der Waals surface area contributed by atoms with E-state index >= 15 is 0 Å².